The normalized spacial score (nSPS) is 13.7. The molecule has 4 nitrogen and oxygen atoms in total. The summed E-state index contributed by atoms with van der Waals surface area (Å²) in [7, 11) is 3.27. The third-order valence-corrected chi connectivity index (χ3v) is 5.25. The Balaban J connectivity index is 1.49. The van der Waals surface area contributed by atoms with E-state index >= 15 is 0 Å². The number of methoxy groups -OCH3 is 2. The van der Waals surface area contributed by atoms with Gasteiger partial charge >= 0.3 is 0 Å². The van der Waals surface area contributed by atoms with Crippen LogP contribution in [0.1, 0.15) is 17.5 Å². The molecule has 0 spiro atoms. The number of hydrogen-bond acceptors (Lipinski definition) is 3. The molecule has 0 bridgehead atoms. The third-order valence-electron chi connectivity index (χ3n) is 4.85. The number of thiocarbonyl (C=S) groups is 1. The number of halogens is 1. The summed E-state index contributed by atoms with van der Waals surface area (Å²) in [6.07, 6.45) is 3.90. The summed E-state index contributed by atoms with van der Waals surface area (Å²) >= 11 is 5.54. The summed E-state index contributed by atoms with van der Waals surface area (Å²) in [6.45, 7) is 2.36. The van der Waals surface area contributed by atoms with Gasteiger partial charge in [-0.3, -0.25) is 0 Å². The van der Waals surface area contributed by atoms with Crippen molar-refractivity contribution >= 4 is 22.9 Å². The Bertz CT molecular complexity index is 852. The molecule has 1 aliphatic rings. The Kier molecular flexibility index (Phi) is 6.87. The van der Waals surface area contributed by atoms with E-state index in [9.17, 15) is 4.39 Å². The van der Waals surface area contributed by atoms with Crippen LogP contribution in [-0.4, -0.2) is 43.9 Å². The fourth-order valence-electron chi connectivity index (χ4n) is 3.24. The van der Waals surface area contributed by atoms with Crippen LogP contribution in [0.2, 0.25) is 0 Å². The highest BCUT2D eigenvalue weighted by atomic mass is 32.1. The monoisotopic (exact) mass is 400 g/mol. The molecule has 28 heavy (non-hydrogen) atoms. The lowest BCUT2D eigenvalue weighted by Crippen LogP contribution is -2.42. The maximum atomic E-state index is 13.1. The molecule has 2 aromatic carbocycles. The van der Waals surface area contributed by atoms with E-state index in [1.165, 1.54) is 17.7 Å². The standard InChI is InChI=1S/C22H25FN2O2S/c1-26-20-8-3-16(15-21(20)27-2)9-12-24-22(28)25-13-10-18(11-14-25)17-4-6-19(23)7-5-17/h3-8,10,15H,9,11-14H2,1-2H3,(H,24,28). The summed E-state index contributed by atoms with van der Waals surface area (Å²) in [6, 6.07) is 12.6. The first-order chi connectivity index (χ1) is 13.6. The molecule has 1 heterocycles. The first kappa shape index (κ1) is 20.1. The van der Waals surface area contributed by atoms with Crippen LogP contribution in [0.25, 0.3) is 5.57 Å². The molecule has 0 aromatic heterocycles. The molecule has 148 valence electrons. The second-order valence-electron chi connectivity index (χ2n) is 6.60. The Morgan fingerprint density at radius 3 is 2.50 bits per heavy atom. The van der Waals surface area contributed by atoms with Gasteiger partial charge in [-0.15, -0.1) is 0 Å². The molecule has 2 aromatic rings. The van der Waals surface area contributed by atoms with Crippen LogP contribution in [0.5, 0.6) is 11.5 Å². The van der Waals surface area contributed by atoms with E-state index in [4.69, 9.17) is 21.7 Å². The van der Waals surface area contributed by atoms with E-state index in [0.29, 0.717) is 0 Å². The minimum absolute atomic E-state index is 0.207. The molecular weight excluding hydrogens is 375 g/mol. The number of rotatable bonds is 6. The van der Waals surface area contributed by atoms with Crippen molar-refractivity contribution in [3.8, 4) is 11.5 Å². The van der Waals surface area contributed by atoms with Crippen molar-refractivity contribution in [2.75, 3.05) is 33.9 Å². The molecule has 1 aliphatic heterocycles. The minimum atomic E-state index is -0.207. The van der Waals surface area contributed by atoms with Gasteiger partial charge in [0.25, 0.3) is 0 Å². The highest BCUT2D eigenvalue weighted by Gasteiger charge is 2.15. The first-order valence-corrected chi connectivity index (χ1v) is 9.70. The third kappa shape index (κ3) is 5.01. The van der Waals surface area contributed by atoms with Crippen LogP contribution in [0.15, 0.2) is 48.5 Å². The van der Waals surface area contributed by atoms with Crippen molar-refractivity contribution in [1.82, 2.24) is 10.2 Å². The first-order valence-electron chi connectivity index (χ1n) is 9.29. The van der Waals surface area contributed by atoms with Gasteiger partial charge in [0, 0.05) is 19.6 Å². The quantitative estimate of drug-likeness (QED) is 0.740. The van der Waals surface area contributed by atoms with Crippen molar-refractivity contribution in [3.05, 3.63) is 65.5 Å². The zero-order valence-electron chi connectivity index (χ0n) is 16.2. The van der Waals surface area contributed by atoms with Crippen LogP contribution in [-0.2, 0) is 6.42 Å². The Hall–Kier alpha value is -2.60. The predicted molar refractivity (Wildman–Crippen MR) is 114 cm³/mol. The number of benzene rings is 2. The van der Waals surface area contributed by atoms with Gasteiger partial charge in [0.2, 0.25) is 0 Å². The zero-order valence-corrected chi connectivity index (χ0v) is 17.0. The summed E-state index contributed by atoms with van der Waals surface area (Å²) in [5.74, 6) is 1.26. The van der Waals surface area contributed by atoms with Crippen LogP contribution >= 0.6 is 12.2 Å². The van der Waals surface area contributed by atoms with Crippen LogP contribution in [0, 0.1) is 5.82 Å². The molecule has 0 saturated heterocycles. The summed E-state index contributed by atoms with van der Waals surface area (Å²) in [4.78, 5) is 2.15. The molecule has 0 fully saturated rings. The summed E-state index contributed by atoms with van der Waals surface area (Å²) in [5, 5.41) is 4.09. The molecule has 0 radical (unpaired) electrons. The number of hydrogen-bond donors (Lipinski definition) is 1. The van der Waals surface area contributed by atoms with E-state index < -0.39 is 0 Å². The lowest BCUT2D eigenvalue weighted by atomic mass is 10.00. The zero-order chi connectivity index (χ0) is 19.9. The Labute approximate surface area is 171 Å². The van der Waals surface area contributed by atoms with Gasteiger partial charge in [-0.25, -0.2) is 4.39 Å². The fraction of sp³-hybridized carbons (Fsp3) is 0.318. The minimum Gasteiger partial charge on any atom is -0.493 e. The molecule has 0 unspecified atom stereocenters. The number of ether oxygens (including phenoxy) is 2. The molecule has 6 heteroatoms. The number of nitrogens with zero attached hydrogens (tertiary/aromatic N) is 1. The molecule has 0 saturated carbocycles. The molecular formula is C22H25FN2O2S. The van der Waals surface area contributed by atoms with Crippen molar-refractivity contribution in [1.29, 1.82) is 0 Å². The summed E-state index contributed by atoms with van der Waals surface area (Å²) in [5.41, 5.74) is 3.47. The van der Waals surface area contributed by atoms with Gasteiger partial charge in [-0.1, -0.05) is 24.3 Å². The van der Waals surface area contributed by atoms with Crippen LogP contribution < -0.4 is 14.8 Å². The average molecular weight is 401 g/mol. The van der Waals surface area contributed by atoms with E-state index in [1.54, 1.807) is 14.2 Å². The Morgan fingerprint density at radius 1 is 1.11 bits per heavy atom. The highest BCUT2D eigenvalue weighted by molar-refractivity contribution is 7.80. The van der Waals surface area contributed by atoms with Crippen molar-refractivity contribution in [2.24, 2.45) is 0 Å². The number of nitrogens with one attached hydrogen (secondary N) is 1. The molecule has 0 aliphatic carbocycles. The lowest BCUT2D eigenvalue weighted by Gasteiger charge is -2.29. The smallest absolute Gasteiger partial charge is 0.169 e. The Morgan fingerprint density at radius 2 is 1.86 bits per heavy atom. The van der Waals surface area contributed by atoms with Gasteiger partial charge in [-0.05, 0) is 66.0 Å². The second kappa shape index (κ2) is 9.55. The van der Waals surface area contributed by atoms with E-state index in [1.807, 2.05) is 30.3 Å². The van der Waals surface area contributed by atoms with Crippen molar-refractivity contribution < 1.29 is 13.9 Å². The van der Waals surface area contributed by atoms with E-state index in [-0.39, 0.29) is 5.82 Å². The van der Waals surface area contributed by atoms with Crippen molar-refractivity contribution in [3.63, 3.8) is 0 Å². The fourth-order valence-corrected chi connectivity index (χ4v) is 3.51. The van der Waals surface area contributed by atoms with Gasteiger partial charge in [0.05, 0.1) is 14.2 Å². The lowest BCUT2D eigenvalue weighted by molar-refractivity contribution is 0.354. The van der Waals surface area contributed by atoms with Gasteiger partial charge in [0.15, 0.2) is 16.6 Å². The molecule has 1 N–H and O–H groups in total. The SMILES string of the molecule is COc1ccc(CCNC(=S)N2CC=C(c3ccc(F)cc3)CC2)cc1OC. The summed E-state index contributed by atoms with van der Waals surface area (Å²) < 4.78 is 23.7. The van der Waals surface area contributed by atoms with Crippen LogP contribution in [0.3, 0.4) is 0 Å². The highest BCUT2D eigenvalue weighted by Crippen LogP contribution is 2.27. The van der Waals surface area contributed by atoms with Gasteiger partial charge < -0.3 is 19.7 Å². The van der Waals surface area contributed by atoms with E-state index in [2.05, 4.69) is 16.3 Å². The van der Waals surface area contributed by atoms with E-state index in [0.717, 1.165) is 60.2 Å². The van der Waals surface area contributed by atoms with Crippen LogP contribution in [0.4, 0.5) is 4.39 Å². The van der Waals surface area contributed by atoms with Crippen molar-refractivity contribution in [2.45, 2.75) is 12.8 Å². The topological polar surface area (TPSA) is 33.7 Å². The predicted octanol–water partition coefficient (Wildman–Crippen LogP) is 4.05. The second-order valence-corrected chi connectivity index (χ2v) is 6.99. The van der Waals surface area contributed by atoms with Gasteiger partial charge in [0.1, 0.15) is 5.82 Å². The maximum Gasteiger partial charge on any atom is 0.169 e. The largest absolute Gasteiger partial charge is 0.493 e. The molecule has 3 rings (SSSR count). The maximum absolute atomic E-state index is 13.1. The van der Waals surface area contributed by atoms with Gasteiger partial charge in [-0.2, -0.15) is 0 Å². The molecule has 0 atom stereocenters. The molecule has 0 amide bonds. The average Bonchev–Trinajstić information content (AvgIpc) is 2.74.